The lowest BCUT2D eigenvalue weighted by Crippen LogP contribution is -2.18. The van der Waals surface area contributed by atoms with Gasteiger partial charge in [0.1, 0.15) is 24.7 Å². The number of carbonyl (C=O) groups excluding carboxylic acids is 1. The van der Waals surface area contributed by atoms with E-state index in [1.165, 1.54) is 0 Å². The Bertz CT molecular complexity index is 1580. The van der Waals surface area contributed by atoms with Gasteiger partial charge in [-0.25, -0.2) is 5.48 Å². The van der Waals surface area contributed by atoms with Crippen molar-refractivity contribution in [1.29, 1.82) is 0 Å². The molecule has 0 aliphatic rings. The highest BCUT2D eigenvalue weighted by atomic mass is 16.5. The summed E-state index contributed by atoms with van der Waals surface area (Å²) in [6.45, 7) is 1.37. The molecule has 1 heterocycles. The van der Waals surface area contributed by atoms with Crippen molar-refractivity contribution < 1.29 is 19.5 Å². The number of ether oxygens (including phenoxy) is 2. The summed E-state index contributed by atoms with van der Waals surface area (Å²) in [6.07, 6.45) is 3.83. The Morgan fingerprint density at radius 2 is 1.52 bits per heavy atom. The van der Waals surface area contributed by atoms with Crippen molar-refractivity contribution in [2.75, 3.05) is 18.5 Å². The van der Waals surface area contributed by atoms with Gasteiger partial charge in [-0.2, -0.15) is 0 Å². The first-order valence-corrected chi connectivity index (χ1v) is 12.9. The van der Waals surface area contributed by atoms with E-state index in [0.717, 1.165) is 44.8 Å². The first-order chi connectivity index (χ1) is 19.7. The smallest absolute Gasteiger partial charge is 0.274 e. The molecule has 5 rings (SSSR count). The number of benzene rings is 4. The summed E-state index contributed by atoms with van der Waals surface area (Å²) in [5, 5.41) is 13.4. The fourth-order valence-electron chi connectivity index (χ4n) is 4.11. The van der Waals surface area contributed by atoms with Gasteiger partial charge >= 0.3 is 0 Å². The lowest BCUT2D eigenvalue weighted by atomic mass is 10.1. The fourth-order valence-corrected chi connectivity index (χ4v) is 4.11. The summed E-state index contributed by atoms with van der Waals surface area (Å²) in [5.74, 6) is 0.936. The molecular weight excluding hydrogens is 502 g/mol. The van der Waals surface area contributed by atoms with Crippen LogP contribution >= 0.6 is 0 Å². The molecule has 7 heteroatoms. The third kappa shape index (κ3) is 7.24. The Morgan fingerprint density at radius 1 is 0.825 bits per heavy atom. The zero-order chi connectivity index (χ0) is 27.6. The van der Waals surface area contributed by atoms with Crippen LogP contribution in [0.4, 0.5) is 5.69 Å². The number of nitrogens with one attached hydrogen (secondary N) is 2. The summed E-state index contributed by atoms with van der Waals surface area (Å²) in [6, 6.07) is 34.6. The van der Waals surface area contributed by atoms with E-state index < -0.39 is 5.91 Å². The molecule has 0 bridgehead atoms. The molecule has 0 atom stereocenters. The van der Waals surface area contributed by atoms with E-state index in [1.807, 2.05) is 103 Å². The van der Waals surface area contributed by atoms with Crippen molar-refractivity contribution in [3.8, 4) is 11.5 Å². The minimum atomic E-state index is -0.555. The number of rotatable bonds is 11. The van der Waals surface area contributed by atoms with E-state index in [9.17, 15) is 4.79 Å². The molecule has 0 saturated carbocycles. The lowest BCUT2D eigenvalue weighted by Gasteiger charge is -2.14. The number of aromatic nitrogens is 1. The summed E-state index contributed by atoms with van der Waals surface area (Å²) in [4.78, 5) is 16.2. The van der Waals surface area contributed by atoms with Gasteiger partial charge in [0.05, 0.1) is 17.4 Å². The number of hydrogen-bond donors (Lipinski definition) is 3. The zero-order valence-electron chi connectivity index (χ0n) is 21.8. The van der Waals surface area contributed by atoms with E-state index in [1.54, 1.807) is 17.6 Å². The molecule has 1 amide bonds. The second kappa shape index (κ2) is 13.1. The second-order valence-corrected chi connectivity index (χ2v) is 9.17. The second-order valence-electron chi connectivity index (χ2n) is 9.17. The average Bonchev–Trinajstić information content (AvgIpc) is 3.02. The summed E-state index contributed by atoms with van der Waals surface area (Å²) < 4.78 is 12.0. The molecule has 0 fully saturated rings. The predicted molar refractivity (Wildman–Crippen MR) is 157 cm³/mol. The van der Waals surface area contributed by atoms with Gasteiger partial charge in [-0.05, 0) is 65.2 Å². The Kier molecular flexibility index (Phi) is 8.66. The maximum atomic E-state index is 11.7. The van der Waals surface area contributed by atoms with Crippen molar-refractivity contribution in [3.63, 3.8) is 0 Å². The minimum absolute atomic E-state index is 0.344. The number of hydrogen-bond acceptors (Lipinski definition) is 6. The number of hydroxylamine groups is 1. The molecule has 3 N–H and O–H groups in total. The van der Waals surface area contributed by atoms with Crippen LogP contribution in [0.25, 0.3) is 17.0 Å². The van der Waals surface area contributed by atoms with Crippen LogP contribution in [0.2, 0.25) is 0 Å². The van der Waals surface area contributed by atoms with Crippen LogP contribution in [0.15, 0.2) is 121 Å². The van der Waals surface area contributed by atoms with Crippen LogP contribution in [0.3, 0.4) is 0 Å². The third-order valence-corrected chi connectivity index (χ3v) is 6.25. The van der Waals surface area contributed by atoms with Gasteiger partial charge in [-0.1, -0.05) is 66.7 Å². The van der Waals surface area contributed by atoms with Gasteiger partial charge in [0, 0.05) is 17.5 Å². The number of fused-ring (bicyclic) bond motifs is 1. The molecule has 1 aromatic heterocycles. The normalized spacial score (nSPS) is 11.2. The van der Waals surface area contributed by atoms with Gasteiger partial charge < -0.3 is 14.8 Å². The topological polar surface area (TPSA) is 92.7 Å². The minimum Gasteiger partial charge on any atom is -0.489 e. The van der Waals surface area contributed by atoms with Gasteiger partial charge in [0.2, 0.25) is 0 Å². The van der Waals surface area contributed by atoms with Gasteiger partial charge in [0.15, 0.2) is 0 Å². The highest BCUT2D eigenvalue weighted by Gasteiger charge is 2.06. The van der Waals surface area contributed by atoms with E-state index in [-0.39, 0.29) is 0 Å². The maximum absolute atomic E-state index is 11.7. The maximum Gasteiger partial charge on any atom is 0.274 e. The summed E-state index contributed by atoms with van der Waals surface area (Å²) in [5.41, 5.74) is 6.85. The molecule has 0 unspecified atom stereocenters. The average molecular weight is 532 g/mol. The number of para-hydroxylation sites is 1. The third-order valence-electron chi connectivity index (χ3n) is 6.25. The number of amides is 1. The fraction of sp³-hybridized carbons (Fsp3) is 0.0909. The van der Waals surface area contributed by atoms with Gasteiger partial charge in [0.25, 0.3) is 5.91 Å². The molecule has 0 saturated heterocycles. The molecule has 200 valence electrons. The van der Waals surface area contributed by atoms with Gasteiger partial charge in [-0.15, -0.1) is 0 Å². The molecule has 4 aromatic carbocycles. The molecule has 5 aromatic rings. The zero-order valence-corrected chi connectivity index (χ0v) is 21.8. The van der Waals surface area contributed by atoms with Crippen LogP contribution in [0.1, 0.15) is 21.5 Å². The van der Waals surface area contributed by atoms with Crippen LogP contribution in [0, 0.1) is 0 Å². The standard InChI is InChI=1S/C33H29N3O4/c37-33(36-38)27-12-10-24(11-13-27)18-26(20-34-29-19-28-8-4-5-9-32(28)35-21-29)23-40-31-16-14-30(15-17-31)39-22-25-6-2-1-3-7-25/h1-19,21,34,38H,20,22-23H2,(H,36,37)/b26-18+. The van der Waals surface area contributed by atoms with E-state index in [0.29, 0.717) is 25.3 Å². The van der Waals surface area contributed by atoms with Crippen LogP contribution in [-0.2, 0) is 6.61 Å². The molecule has 7 nitrogen and oxygen atoms in total. The lowest BCUT2D eigenvalue weighted by molar-refractivity contribution is 0.0706. The number of nitrogens with zero attached hydrogens (tertiary/aromatic N) is 1. The van der Waals surface area contributed by atoms with Gasteiger partial charge in [-0.3, -0.25) is 15.0 Å². The molecule has 0 aliphatic heterocycles. The van der Waals surface area contributed by atoms with Crippen LogP contribution < -0.4 is 20.3 Å². The van der Waals surface area contributed by atoms with E-state index in [2.05, 4.69) is 16.4 Å². The van der Waals surface area contributed by atoms with Crippen molar-refractivity contribution in [2.24, 2.45) is 0 Å². The Labute approximate surface area is 232 Å². The summed E-state index contributed by atoms with van der Waals surface area (Å²) >= 11 is 0. The first-order valence-electron chi connectivity index (χ1n) is 12.9. The van der Waals surface area contributed by atoms with Crippen molar-refractivity contribution in [2.45, 2.75) is 6.61 Å². The molecular formula is C33H29N3O4. The Morgan fingerprint density at radius 3 is 2.27 bits per heavy atom. The quantitative estimate of drug-likeness (QED) is 0.133. The highest BCUT2D eigenvalue weighted by molar-refractivity contribution is 5.93. The summed E-state index contributed by atoms with van der Waals surface area (Å²) in [7, 11) is 0. The number of anilines is 1. The van der Waals surface area contributed by atoms with E-state index >= 15 is 0 Å². The Hall–Kier alpha value is -5.14. The monoisotopic (exact) mass is 531 g/mol. The van der Waals surface area contributed by atoms with Crippen molar-refractivity contribution in [3.05, 3.63) is 138 Å². The molecule has 0 radical (unpaired) electrons. The van der Waals surface area contributed by atoms with Crippen LogP contribution in [0.5, 0.6) is 11.5 Å². The highest BCUT2D eigenvalue weighted by Crippen LogP contribution is 2.21. The van der Waals surface area contributed by atoms with Crippen molar-refractivity contribution in [1.82, 2.24) is 10.5 Å². The SMILES string of the molecule is O=C(NO)c1ccc(/C=C(\CNc2cnc3ccccc3c2)COc2ccc(OCc3ccccc3)cc2)cc1. The molecule has 0 aliphatic carbocycles. The first kappa shape index (κ1) is 26.5. The predicted octanol–water partition coefficient (Wildman–Crippen LogP) is 6.51. The largest absolute Gasteiger partial charge is 0.489 e. The van der Waals surface area contributed by atoms with Crippen LogP contribution in [-0.4, -0.2) is 29.3 Å². The molecule has 40 heavy (non-hydrogen) atoms. The number of carbonyl (C=O) groups is 1. The van der Waals surface area contributed by atoms with E-state index in [4.69, 9.17) is 14.7 Å². The van der Waals surface area contributed by atoms with Crippen molar-refractivity contribution >= 4 is 28.6 Å². The Balaban J connectivity index is 1.26. The molecule has 0 spiro atoms. The number of pyridine rings is 1.